The van der Waals surface area contributed by atoms with Gasteiger partial charge in [-0.3, -0.25) is 0 Å². The van der Waals surface area contributed by atoms with Crippen LogP contribution in [0.1, 0.15) is 5.56 Å². The zero-order valence-corrected chi connectivity index (χ0v) is 13.0. The largest absolute Gasteiger partial charge is 0.398 e. The molecule has 0 spiro atoms. The minimum atomic E-state index is -0.387. The second-order valence-corrected chi connectivity index (χ2v) is 5.51. The molecule has 0 radical (unpaired) electrons. The number of nitrogens with two attached hydrogens (primary N) is 1. The summed E-state index contributed by atoms with van der Waals surface area (Å²) in [6.07, 6.45) is 0. The first kappa shape index (κ1) is 14.7. The molecule has 0 atom stereocenters. The van der Waals surface area contributed by atoms with Crippen LogP contribution >= 0.6 is 27.5 Å². The van der Waals surface area contributed by atoms with Crippen molar-refractivity contribution in [1.29, 1.82) is 0 Å². The average Bonchev–Trinajstić information content (AvgIpc) is 2.39. The van der Waals surface area contributed by atoms with E-state index in [1.54, 1.807) is 30.3 Å². The molecule has 0 aliphatic heterocycles. The van der Waals surface area contributed by atoms with Crippen molar-refractivity contribution < 1.29 is 4.79 Å². The van der Waals surface area contributed by atoms with Crippen LogP contribution in [0.4, 0.5) is 21.9 Å². The van der Waals surface area contributed by atoms with Gasteiger partial charge < -0.3 is 16.4 Å². The molecule has 2 rings (SSSR count). The third-order valence-corrected chi connectivity index (χ3v) is 3.71. The van der Waals surface area contributed by atoms with Crippen LogP contribution in [0.3, 0.4) is 0 Å². The summed E-state index contributed by atoms with van der Waals surface area (Å²) in [5.41, 5.74) is 8.52. The number of hydrogen-bond donors (Lipinski definition) is 3. The minimum absolute atomic E-state index is 0.387. The number of urea groups is 1. The molecule has 0 aromatic heterocycles. The van der Waals surface area contributed by atoms with Crippen molar-refractivity contribution in [3.8, 4) is 0 Å². The van der Waals surface area contributed by atoms with Crippen molar-refractivity contribution in [3.05, 3.63) is 51.5 Å². The maximum Gasteiger partial charge on any atom is 0.323 e. The Morgan fingerprint density at radius 3 is 2.55 bits per heavy atom. The van der Waals surface area contributed by atoms with Gasteiger partial charge in [0.15, 0.2) is 0 Å². The van der Waals surface area contributed by atoms with E-state index in [4.69, 9.17) is 17.3 Å². The van der Waals surface area contributed by atoms with Crippen LogP contribution < -0.4 is 16.4 Å². The first-order valence-corrected chi connectivity index (χ1v) is 7.02. The Morgan fingerprint density at radius 1 is 1.20 bits per heavy atom. The number of halogens is 2. The molecular weight excluding hydrogens is 342 g/mol. The summed E-state index contributed by atoms with van der Waals surface area (Å²) >= 11 is 9.36. The fourth-order valence-corrected chi connectivity index (χ4v) is 2.36. The minimum Gasteiger partial charge on any atom is -0.398 e. The second-order valence-electron chi connectivity index (χ2n) is 4.25. The highest BCUT2D eigenvalue weighted by atomic mass is 79.9. The predicted molar refractivity (Wildman–Crippen MR) is 87.4 cm³/mol. The topological polar surface area (TPSA) is 67.2 Å². The number of anilines is 3. The van der Waals surface area contributed by atoms with Gasteiger partial charge in [0.05, 0.1) is 16.4 Å². The molecule has 0 aliphatic rings. The normalized spacial score (nSPS) is 10.2. The van der Waals surface area contributed by atoms with Gasteiger partial charge in [0.25, 0.3) is 0 Å². The Bertz CT molecular complexity index is 661. The molecule has 4 nitrogen and oxygen atoms in total. The highest BCUT2D eigenvalue weighted by molar-refractivity contribution is 9.10. The van der Waals surface area contributed by atoms with Gasteiger partial charge in [-0.25, -0.2) is 4.79 Å². The van der Waals surface area contributed by atoms with E-state index in [0.29, 0.717) is 22.1 Å². The summed E-state index contributed by atoms with van der Waals surface area (Å²) in [6, 6.07) is 10.2. The van der Waals surface area contributed by atoms with Crippen molar-refractivity contribution in [2.45, 2.75) is 6.92 Å². The smallest absolute Gasteiger partial charge is 0.323 e. The Labute approximate surface area is 130 Å². The van der Waals surface area contributed by atoms with E-state index in [-0.39, 0.29) is 6.03 Å². The van der Waals surface area contributed by atoms with Crippen molar-refractivity contribution in [1.82, 2.24) is 0 Å². The molecule has 20 heavy (non-hydrogen) atoms. The van der Waals surface area contributed by atoms with Crippen LogP contribution in [-0.4, -0.2) is 6.03 Å². The van der Waals surface area contributed by atoms with Crippen molar-refractivity contribution in [3.63, 3.8) is 0 Å². The van der Waals surface area contributed by atoms with Crippen LogP contribution in [0.25, 0.3) is 0 Å². The van der Waals surface area contributed by atoms with Gasteiger partial charge in [0.2, 0.25) is 0 Å². The molecule has 0 fully saturated rings. The third-order valence-electron chi connectivity index (χ3n) is 2.73. The lowest BCUT2D eigenvalue weighted by Crippen LogP contribution is -2.20. The Balaban J connectivity index is 2.13. The second kappa shape index (κ2) is 6.15. The van der Waals surface area contributed by atoms with E-state index in [0.717, 1.165) is 10.0 Å². The number of rotatable bonds is 2. The van der Waals surface area contributed by atoms with Gasteiger partial charge >= 0.3 is 6.03 Å². The molecule has 2 amide bonds. The molecular formula is C14H13BrClN3O. The van der Waals surface area contributed by atoms with E-state index >= 15 is 0 Å². The number of carbonyl (C=O) groups is 1. The molecule has 6 heteroatoms. The highest BCUT2D eigenvalue weighted by Crippen LogP contribution is 2.28. The van der Waals surface area contributed by atoms with Crippen LogP contribution in [-0.2, 0) is 0 Å². The molecule has 0 aliphatic carbocycles. The quantitative estimate of drug-likeness (QED) is 0.688. The monoisotopic (exact) mass is 353 g/mol. The van der Waals surface area contributed by atoms with E-state index in [1.165, 1.54) is 0 Å². The molecule has 0 saturated carbocycles. The number of hydrogen-bond acceptors (Lipinski definition) is 2. The number of nitrogen functional groups attached to an aromatic ring is 1. The first-order chi connectivity index (χ1) is 9.47. The van der Waals surface area contributed by atoms with E-state index < -0.39 is 0 Å². The number of amides is 2. The van der Waals surface area contributed by atoms with Gasteiger partial charge in [-0.2, -0.15) is 0 Å². The number of nitrogens with one attached hydrogen (secondary N) is 2. The number of aryl methyl sites for hydroxylation is 1. The lowest BCUT2D eigenvalue weighted by Gasteiger charge is -2.12. The summed E-state index contributed by atoms with van der Waals surface area (Å²) in [4.78, 5) is 11.9. The van der Waals surface area contributed by atoms with Gasteiger partial charge in [-0.05, 0) is 52.7 Å². The standard InChI is InChI=1S/C14H13BrClN3O/c1-8-6-9(15)13(7-11(8)17)19-14(20)18-12-5-3-2-4-10(12)16/h2-7H,17H2,1H3,(H2,18,19,20). The number of para-hydroxylation sites is 1. The first-order valence-electron chi connectivity index (χ1n) is 5.85. The molecule has 0 heterocycles. The van der Waals surface area contributed by atoms with Gasteiger partial charge in [-0.1, -0.05) is 23.7 Å². The summed E-state index contributed by atoms with van der Waals surface area (Å²) in [5.74, 6) is 0. The molecule has 4 N–H and O–H groups in total. The number of carbonyl (C=O) groups excluding carboxylic acids is 1. The molecule has 0 bridgehead atoms. The van der Waals surface area contributed by atoms with Crippen LogP contribution in [0.15, 0.2) is 40.9 Å². The summed E-state index contributed by atoms with van der Waals surface area (Å²) in [7, 11) is 0. The van der Waals surface area contributed by atoms with Crippen molar-refractivity contribution in [2.24, 2.45) is 0 Å². The van der Waals surface area contributed by atoms with Crippen LogP contribution in [0.2, 0.25) is 5.02 Å². The molecule has 104 valence electrons. The summed E-state index contributed by atoms with van der Waals surface area (Å²) in [6.45, 7) is 1.90. The van der Waals surface area contributed by atoms with E-state index in [9.17, 15) is 4.79 Å². The van der Waals surface area contributed by atoms with Crippen LogP contribution in [0.5, 0.6) is 0 Å². The lowest BCUT2D eigenvalue weighted by molar-refractivity contribution is 0.262. The SMILES string of the molecule is Cc1cc(Br)c(NC(=O)Nc2ccccc2Cl)cc1N. The highest BCUT2D eigenvalue weighted by Gasteiger charge is 2.09. The maximum absolute atomic E-state index is 11.9. The van der Waals surface area contributed by atoms with Crippen molar-refractivity contribution >= 4 is 50.6 Å². The molecule has 0 saturated heterocycles. The third kappa shape index (κ3) is 3.43. The molecule has 2 aromatic rings. The van der Waals surface area contributed by atoms with Crippen molar-refractivity contribution in [2.75, 3.05) is 16.4 Å². The Hall–Kier alpha value is -1.72. The van der Waals surface area contributed by atoms with Gasteiger partial charge in [0, 0.05) is 10.2 Å². The number of benzene rings is 2. The Morgan fingerprint density at radius 2 is 1.85 bits per heavy atom. The van der Waals surface area contributed by atoms with Gasteiger partial charge in [0.1, 0.15) is 0 Å². The average molecular weight is 355 g/mol. The van der Waals surface area contributed by atoms with E-state index in [1.807, 2.05) is 13.0 Å². The predicted octanol–water partition coefficient (Wildman–Crippen LogP) is 4.64. The fraction of sp³-hybridized carbons (Fsp3) is 0.0714. The Kier molecular flexibility index (Phi) is 4.52. The zero-order chi connectivity index (χ0) is 14.7. The fourth-order valence-electron chi connectivity index (χ4n) is 1.62. The van der Waals surface area contributed by atoms with E-state index in [2.05, 4.69) is 26.6 Å². The molecule has 2 aromatic carbocycles. The summed E-state index contributed by atoms with van der Waals surface area (Å²) in [5, 5.41) is 5.87. The zero-order valence-electron chi connectivity index (χ0n) is 10.7. The molecule has 0 unspecified atom stereocenters. The maximum atomic E-state index is 11.9. The van der Waals surface area contributed by atoms with Gasteiger partial charge in [-0.15, -0.1) is 0 Å². The van der Waals surface area contributed by atoms with Crippen LogP contribution in [0, 0.1) is 6.92 Å². The summed E-state index contributed by atoms with van der Waals surface area (Å²) < 4.78 is 0.763. The lowest BCUT2D eigenvalue weighted by atomic mass is 10.2.